The monoisotopic (exact) mass is 414 g/mol. The van der Waals surface area contributed by atoms with Crippen LogP contribution in [-0.4, -0.2) is 30.8 Å². The van der Waals surface area contributed by atoms with Crippen LogP contribution in [0.3, 0.4) is 0 Å². The fourth-order valence-electron chi connectivity index (χ4n) is 10.6. The van der Waals surface area contributed by atoms with E-state index in [4.69, 9.17) is 10.5 Å². The molecule has 0 amide bonds. The molecule has 0 bridgehead atoms. The fraction of sp³-hybridized carbons (Fsp3) is 1.00. The van der Waals surface area contributed by atoms with E-state index in [2.05, 4.69) is 33.0 Å². The molecular formula is C27H46N2O. The van der Waals surface area contributed by atoms with Crippen LogP contribution in [0.5, 0.6) is 0 Å². The highest BCUT2D eigenvalue weighted by Gasteiger charge is 2.65. The highest BCUT2D eigenvalue weighted by Crippen LogP contribution is 2.69. The van der Waals surface area contributed by atoms with E-state index in [0.717, 1.165) is 41.4 Å². The summed E-state index contributed by atoms with van der Waals surface area (Å²) in [4.78, 5) is 0. The maximum absolute atomic E-state index is 6.96. The number of hydrogen-bond donors (Lipinski definition) is 2. The van der Waals surface area contributed by atoms with Crippen LogP contribution >= 0.6 is 0 Å². The number of fused-ring (bicyclic) bond motifs is 8. The molecule has 13 atom stereocenters. The van der Waals surface area contributed by atoms with Gasteiger partial charge in [0.05, 0.1) is 12.2 Å². The molecule has 3 heteroatoms. The maximum Gasteiger partial charge on any atom is 0.0737 e. The van der Waals surface area contributed by atoms with Crippen LogP contribution in [0.25, 0.3) is 0 Å². The molecule has 3 nitrogen and oxygen atoms in total. The molecular weight excluding hydrogens is 368 g/mol. The standard InChI is InChI=1S/C27H46N2O/c1-15-11-23-25(29-14-15)16(2)24-22(30-23)13-21-19-6-5-17-12-18(28)7-9-26(17,3)20(19)8-10-27(21,24)4/h15-25,29H,5-14,28H2,1-4H3. The third-order valence-corrected chi connectivity index (χ3v) is 12.0. The van der Waals surface area contributed by atoms with Crippen molar-refractivity contribution in [2.75, 3.05) is 6.54 Å². The predicted octanol–water partition coefficient (Wildman–Crippen LogP) is 4.98. The normalized spacial score (nSPS) is 62.5. The average molecular weight is 415 g/mol. The van der Waals surface area contributed by atoms with Gasteiger partial charge in [0.15, 0.2) is 0 Å². The van der Waals surface area contributed by atoms with Crippen molar-refractivity contribution >= 4 is 0 Å². The van der Waals surface area contributed by atoms with Gasteiger partial charge in [0.2, 0.25) is 0 Å². The van der Waals surface area contributed by atoms with Crippen LogP contribution in [0, 0.1) is 52.3 Å². The Labute approximate surface area is 184 Å². The van der Waals surface area contributed by atoms with Gasteiger partial charge in [-0.25, -0.2) is 0 Å². The summed E-state index contributed by atoms with van der Waals surface area (Å²) in [5, 5.41) is 3.91. The Kier molecular flexibility index (Phi) is 4.74. The molecule has 2 heterocycles. The molecule has 0 spiro atoms. The zero-order chi connectivity index (χ0) is 20.8. The number of nitrogens with one attached hydrogen (secondary N) is 1. The lowest BCUT2D eigenvalue weighted by atomic mass is 9.44. The molecule has 6 rings (SSSR count). The van der Waals surface area contributed by atoms with Gasteiger partial charge >= 0.3 is 0 Å². The van der Waals surface area contributed by atoms with Crippen molar-refractivity contribution in [3.05, 3.63) is 0 Å². The van der Waals surface area contributed by atoms with Gasteiger partial charge in [0, 0.05) is 12.1 Å². The average Bonchev–Trinajstić information content (AvgIpc) is 3.01. The molecule has 0 aromatic heterocycles. The molecule has 0 radical (unpaired) electrons. The minimum absolute atomic E-state index is 0.456. The predicted molar refractivity (Wildman–Crippen MR) is 122 cm³/mol. The first-order valence-electron chi connectivity index (χ1n) is 13.5. The summed E-state index contributed by atoms with van der Waals surface area (Å²) < 4.78 is 6.96. The quantitative estimate of drug-likeness (QED) is 0.587. The van der Waals surface area contributed by atoms with Gasteiger partial charge in [0.1, 0.15) is 0 Å². The van der Waals surface area contributed by atoms with Crippen LogP contribution in [-0.2, 0) is 4.74 Å². The van der Waals surface area contributed by atoms with Gasteiger partial charge in [0.25, 0.3) is 0 Å². The van der Waals surface area contributed by atoms with Gasteiger partial charge in [-0.2, -0.15) is 0 Å². The molecule has 4 aliphatic carbocycles. The molecule has 6 aliphatic rings. The Morgan fingerprint density at radius 1 is 0.867 bits per heavy atom. The molecule has 0 aromatic carbocycles. The number of hydrogen-bond acceptors (Lipinski definition) is 3. The van der Waals surface area contributed by atoms with E-state index in [-0.39, 0.29) is 0 Å². The Morgan fingerprint density at radius 2 is 1.67 bits per heavy atom. The summed E-state index contributed by atoms with van der Waals surface area (Å²) >= 11 is 0. The van der Waals surface area contributed by atoms with Crippen LogP contribution in [0.15, 0.2) is 0 Å². The molecule has 30 heavy (non-hydrogen) atoms. The molecule has 2 saturated heterocycles. The van der Waals surface area contributed by atoms with E-state index < -0.39 is 0 Å². The molecule has 3 N–H and O–H groups in total. The smallest absolute Gasteiger partial charge is 0.0737 e. The van der Waals surface area contributed by atoms with Crippen LogP contribution in [0.2, 0.25) is 0 Å². The van der Waals surface area contributed by atoms with Crippen molar-refractivity contribution in [2.24, 2.45) is 58.0 Å². The summed E-state index contributed by atoms with van der Waals surface area (Å²) in [6.07, 6.45) is 13.3. The molecule has 170 valence electrons. The van der Waals surface area contributed by atoms with E-state index in [9.17, 15) is 0 Å². The van der Waals surface area contributed by atoms with E-state index in [1.165, 1.54) is 64.3 Å². The molecule has 6 fully saturated rings. The number of ether oxygens (including phenoxy) is 1. The number of nitrogens with two attached hydrogens (primary N) is 1. The SMILES string of the molecule is CC1CNC2C(C1)OC1CC3C4CCC5CC(N)CCC5(C)C4CCC3(C)C1C2C. The maximum atomic E-state index is 6.96. The van der Waals surface area contributed by atoms with Crippen molar-refractivity contribution in [3.8, 4) is 0 Å². The minimum atomic E-state index is 0.456. The van der Waals surface area contributed by atoms with Gasteiger partial charge in [-0.1, -0.05) is 27.7 Å². The van der Waals surface area contributed by atoms with Crippen molar-refractivity contribution < 1.29 is 4.74 Å². The van der Waals surface area contributed by atoms with Crippen LogP contribution < -0.4 is 11.1 Å². The lowest BCUT2D eigenvalue weighted by Crippen LogP contribution is -2.61. The fourth-order valence-corrected chi connectivity index (χ4v) is 10.6. The zero-order valence-electron chi connectivity index (χ0n) is 19.9. The van der Waals surface area contributed by atoms with Crippen molar-refractivity contribution in [2.45, 2.75) is 110 Å². The van der Waals surface area contributed by atoms with Gasteiger partial charge in [-0.15, -0.1) is 0 Å². The van der Waals surface area contributed by atoms with Crippen LogP contribution in [0.4, 0.5) is 0 Å². The van der Waals surface area contributed by atoms with Gasteiger partial charge in [-0.3, -0.25) is 0 Å². The summed E-state index contributed by atoms with van der Waals surface area (Å²) in [7, 11) is 0. The Balaban J connectivity index is 1.28. The van der Waals surface area contributed by atoms with Gasteiger partial charge < -0.3 is 15.8 Å². The largest absolute Gasteiger partial charge is 0.373 e. The molecule has 2 aliphatic heterocycles. The van der Waals surface area contributed by atoms with Gasteiger partial charge in [-0.05, 0) is 117 Å². The first-order chi connectivity index (χ1) is 14.3. The number of piperidine rings is 1. The zero-order valence-corrected chi connectivity index (χ0v) is 19.9. The summed E-state index contributed by atoms with van der Waals surface area (Å²) in [6.45, 7) is 11.5. The lowest BCUT2D eigenvalue weighted by Gasteiger charge is -2.61. The third-order valence-electron chi connectivity index (χ3n) is 12.0. The topological polar surface area (TPSA) is 47.3 Å². The first-order valence-corrected chi connectivity index (χ1v) is 13.5. The Bertz CT molecular complexity index is 682. The molecule has 0 aromatic rings. The van der Waals surface area contributed by atoms with Crippen LogP contribution in [0.1, 0.15) is 85.5 Å². The summed E-state index contributed by atoms with van der Waals surface area (Å²) in [6, 6.07) is 1.05. The van der Waals surface area contributed by atoms with Crippen molar-refractivity contribution in [3.63, 3.8) is 0 Å². The highest BCUT2D eigenvalue weighted by atomic mass is 16.5. The second-order valence-electron chi connectivity index (χ2n) is 13.3. The van der Waals surface area contributed by atoms with Crippen molar-refractivity contribution in [1.82, 2.24) is 5.32 Å². The van der Waals surface area contributed by atoms with E-state index in [1.54, 1.807) is 0 Å². The summed E-state index contributed by atoms with van der Waals surface area (Å²) in [5.74, 6) is 5.93. The van der Waals surface area contributed by atoms with E-state index >= 15 is 0 Å². The Hall–Kier alpha value is -0.120. The number of rotatable bonds is 0. The van der Waals surface area contributed by atoms with E-state index in [1.807, 2.05) is 0 Å². The molecule has 4 saturated carbocycles. The highest BCUT2D eigenvalue weighted by molar-refractivity contribution is 5.14. The summed E-state index contributed by atoms with van der Waals surface area (Å²) in [5.41, 5.74) is 7.47. The third kappa shape index (κ3) is 2.73. The first kappa shape index (κ1) is 20.5. The second kappa shape index (κ2) is 6.94. The minimum Gasteiger partial charge on any atom is -0.373 e. The second-order valence-corrected chi connectivity index (χ2v) is 13.3. The van der Waals surface area contributed by atoms with E-state index in [0.29, 0.717) is 35.1 Å². The van der Waals surface area contributed by atoms with Crippen molar-refractivity contribution in [1.29, 1.82) is 0 Å². The lowest BCUT2D eigenvalue weighted by molar-refractivity contribution is -0.157. The Morgan fingerprint density at radius 3 is 2.50 bits per heavy atom. The molecule has 13 unspecified atom stereocenters.